The van der Waals surface area contributed by atoms with Gasteiger partial charge in [-0.1, -0.05) is 148 Å². The fraction of sp³-hybridized carbons (Fsp3) is 0.483. The van der Waals surface area contributed by atoms with E-state index in [0.29, 0.717) is 39.1 Å². The molecule has 0 amide bonds. The number of thioether (sulfide) groups is 2. The van der Waals surface area contributed by atoms with Gasteiger partial charge in [0.15, 0.2) is 5.79 Å². The summed E-state index contributed by atoms with van der Waals surface area (Å²) >= 11 is 3.59. The van der Waals surface area contributed by atoms with E-state index in [9.17, 15) is 0 Å². The van der Waals surface area contributed by atoms with Crippen LogP contribution in [0.15, 0.2) is 161 Å². The lowest BCUT2D eigenvalue weighted by Gasteiger charge is -2.52. The first kappa shape index (κ1) is 54.2. The van der Waals surface area contributed by atoms with Gasteiger partial charge in [-0.25, -0.2) is 0 Å². The Morgan fingerprint density at radius 3 is 1.82 bits per heavy atom. The molecule has 5 aromatic carbocycles. The van der Waals surface area contributed by atoms with Gasteiger partial charge in [0.2, 0.25) is 0 Å². The number of hydrogen-bond donors (Lipinski definition) is 0. The molecule has 0 aromatic heterocycles. The minimum absolute atomic E-state index is 0.00783. The molecule has 8 rings (SSSR count). The zero-order chi connectivity index (χ0) is 50.1. The summed E-state index contributed by atoms with van der Waals surface area (Å²) in [6.07, 6.45) is -0.435. The lowest BCUT2D eigenvalue weighted by Crippen LogP contribution is -2.62. The minimum atomic E-state index is -0.832. The quantitative estimate of drug-likeness (QED) is 0.0354. The number of benzene rings is 5. The third kappa shape index (κ3) is 15.1. The first-order valence-corrected chi connectivity index (χ1v) is 27.6. The molecule has 1 spiro atoms. The van der Waals surface area contributed by atoms with Crippen molar-refractivity contribution >= 4 is 29.5 Å². The van der Waals surface area contributed by atoms with Gasteiger partial charge in [-0.15, -0.1) is 23.5 Å². The Hall–Kier alpha value is -4.05. The minimum Gasteiger partial charge on any atom is -0.459 e. The Balaban J connectivity index is 1.13. The second-order valence-corrected chi connectivity index (χ2v) is 22.6. The molecular weight excluding hydrogens is 945 g/mol. The molecule has 5 aromatic rings. The van der Waals surface area contributed by atoms with Crippen LogP contribution in [0.2, 0.25) is 0 Å². The Morgan fingerprint density at radius 2 is 1.25 bits per heavy atom. The zero-order valence-corrected chi connectivity index (χ0v) is 44.2. The van der Waals surface area contributed by atoms with E-state index < -0.39 is 54.3 Å². The average molecular weight is 1020 g/mol. The van der Waals surface area contributed by atoms with E-state index >= 15 is 4.79 Å². The Bertz CT molecular complexity index is 2270. The first-order valence-electron chi connectivity index (χ1n) is 25.8. The summed E-state index contributed by atoms with van der Waals surface area (Å²) < 4.78 is 60.3. The molecule has 0 aliphatic carbocycles. The van der Waals surface area contributed by atoms with Gasteiger partial charge >= 0.3 is 5.97 Å². The van der Waals surface area contributed by atoms with Crippen molar-refractivity contribution in [1.82, 2.24) is 0 Å². The molecule has 0 bridgehead atoms. The van der Waals surface area contributed by atoms with Crippen LogP contribution < -0.4 is 0 Å². The topological polar surface area (TPSA) is 100 Å². The molecule has 0 unspecified atom stereocenters. The molecule has 12 atom stereocenters. The lowest BCUT2D eigenvalue weighted by molar-refractivity contribution is -0.347. The van der Waals surface area contributed by atoms with Gasteiger partial charge in [0.05, 0.1) is 68.0 Å². The fourth-order valence-electron chi connectivity index (χ4n) is 10.3. The van der Waals surface area contributed by atoms with Crippen molar-refractivity contribution in [2.24, 2.45) is 23.7 Å². The van der Waals surface area contributed by atoms with E-state index in [1.165, 1.54) is 0 Å². The number of esters is 1. The lowest BCUT2D eigenvalue weighted by atomic mass is 9.76. The molecule has 3 aliphatic heterocycles. The van der Waals surface area contributed by atoms with E-state index in [1.807, 2.05) is 85.8 Å². The molecular formula is C60H74O10S2. The van der Waals surface area contributed by atoms with Crippen molar-refractivity contribution in [1.29, 1.82) is 0 Å². The Kier molecular flexibility index (Phi) is 20.7. The summed E-state index contributed by atoms with van der Waals surface area (Å²) in [5, 5.41) is 0. The van der Waals surface area contributed by atoms with Gasteiger partial charge in [-0.3, -0.25) is 4.79 Å². The second kappa shape index (κ2) is 27.5. The van der Waals surface area contributed by atoms with Crippen LogP contribution in [0.4, 0.5) is 0 Å². The standard InChI is InChI=1S/C60H74O10S2/c1-42-34-51(64-38-47-24-13-7-14-25-47)54(40-63-37-46-22-11-6-12-23-46)68-53(36-55(71-49-28-17-9-18-29-49)72-50-30-19-10-20-31-50)52(35-42)69-59(61)44(3)57(65-39-48-26-15-8-16-27-48)58-56(66-41-62-5)43(2)45(4)60(70-58)32-21-33-67-60/h6-20,22-31,42-45,51-58H,21,32-41H2,1-5H3/t42-,43-,44-,45-,51+,52-,53+,54-,56+,57-,58+,60+/m0/s1. The van der Waals surface area contributed by atoms with Crippen molar-refractivity contribution < 1.29 is 47.4 Å². The van der Waals surface area contributed by atoms with Crippen molar-refractivity contribution in [3.8, 4) is 0 Å². The number of carbonyl (C=O) groups excluding carboxylic acids is 1. The van der Waals surface area contributed by atoms with E-state index in [-0.39, 0.29) is 48.4 Å². The Labute approximate surface area is 436 Å². The van der Waals surface area contributed by atoms with Gasteiger partial charge < -0.3 is 42.6 Å². The summed E-state index contributed by atoms with van der Waals surface area (Å²) in [7, 11) is 1.62. The number of ether oxygens (including phenoxy) is 9. The highest BCUT2D eigenvalue weighted by Gasteiger charge is 2.57. The fourth-order valence-corrected chi connectivity index (χ4v) is 13.0. The molecule has 386 valence electrons. The van der Waals surface area contributed by atoms with E-state index in [0.717, 1.165) is 39.3 Å². The largest absolute Gasteiger partial charge is 0.459 e. The molecule has 3 saturated heterocycles. The second-order valence-electron chi connectivity index (χ2n) is 19.7. The normalized spacial score (nSPS) is 27.5. The maximum absolute atomic E-state index is 15.4. The van der Waals surface area contributed by atoms with Crippen LogP contribution in [0, 0.1) is 23.7 Å². The molecule has 3 fully saturated rings. The van der Waals surface area contributed by atoms with Gasteiger partial charge in [0, 0.05) is 29.2 Å². The number of methoxy groups -OCH3 is 1. The van der Waals surface area contributed by atoms with E-state index in [4.69, 9.17) is 42.6 Å². The predicted molar refractivity (Wildman–Crippen MR) is 283 cm³/mol. The summed E-state index contributed by atoms with van der Waals surface area (Å²) in [5.74, 6) is -1.91. The van der Waals surface area contributed by atoms with Gasteiger partial charge in [-0.05, 0) is 85.4 Å². The maximum atomic E-state index is 15.4. The summed E-state index contributed by atoms with van der Waals surface area (Å²) in [5.41, 5.74) is 3.14. The van der Waals surface area contributed by atoms with Gasteiger partial charge in [-0.2, -0.15) is 0 Å². The van der Waals surface area contributed by atoms with Gasteiger partial charge in [0.25, 0.3) is 0 Å². The molecule has 0 radical (unpaired) electrons. The van der Waals surface area contributed by atoms with Crippen LogP contribution in [0.1, 0.15) is 76.5 Å². The summed E-state index contributed by atoms with van der Waals surface area (Å²) in [4.78, 5) is 17.7. The van der Waals surface area contributed by atoms with Crippen LogP contribution in [-0.4, -0.2) is 86.2 Å². The van der Waals surface area contributed by atoms with Crippen molar-refractivity contribution in [2.45, 2.75) is 143 Å². The molecule has 72 heavy (non-hydrogen) atoms. The highest BCUT2D eigenvalue weighted by molar-refractivity contribution is 8.17. The molecule has 10 nitrogen and oxygen atoms in total. The third-order valence-corrected chi connectivity index (χ3v) is 17.0. The predicted octanol–water partition coefficient (Wildman–Crippen LogP) is 12.6. The zero-order valence-electron chi connectivity index (χ0n) is 42.5. The van der Waals surface area contributed by atoms with Crippen molar-refractivity contribution in [3.63, 3.8) is 0 Å². The van der Waals surface area contributed by atoms with Crippen LogP contribution >= 0.6 is 23.5 Å². The maximum Gasteiger partial charge on any atom is 0.311 e. The molecule has 3 heterocycles. The smallest absolute Gasteiger partial charge is 0.311 e. The number of rotatable bonds is 23. The van der Waals surface area contributed by atoms with E-state index in [2.05, 4.69) is 93.6 Å². The molecule has 0 N–H and O–H groups in total. The van der Waals surface area contributed by atoms with Crippen LogP contribution in [0.25, 0.3) is 0 Å². The average Bonchev–Trinajstić information content (AvgIpc) is 3.88. The summed E-state index contributed by atoms with van der Waals surface area (Å²) in [6, 6.07) is 51.4. The molecule has 0 saturated carbocycles. The van der Waals surface area contributed by atoms with E-state index in [1.54, 1.807) is 30.6 Å². The number of hydrogen-bond acceptors (Lipinski definition) is 12. The first-order chi connectivity index (χ1) is 35.2. The third-order valence-electron chi connectivity index (χ3n) is 14.4. The van der Waals surface area contributed by atoms with Crippen LogP contribution in [0.3, 0.4) is 0 Å². The highest BCUT2D eigenvalue weighted by Crippen LogP contribution is 2.48. The van der Waals surface area contributed by atoms with Gasteiger partial charge in [0.1, 0.15) is 25.1 Å². The molecule has 3 aliphatic rings. The SMILES string of the molecule is COCO[C@@H]1[C@@H](C)[C@H](C)[C@@]2(CCCO2)O[C@H]1[C@@H](OCc1ccccc1)[C@H](C)C(=O)O[C@H]1C[C@@H](C)C[C@@H](OCc2ccccc2)[C@H](COCc2ccccc2)O[C@@H]1CC(Sc1ccccc1)Sc1ccccc1. The van der Waals surface area contributed by atoms with Crippen LogP contribution in [0.5, 0.6) is 0 Å². The molecule has 12 heteroatoms. The Morgan fingerprint density at radius 1 is 0.694 bits per heavy atom. The highest BCUT2D eigenvalue weighted by atomic mass is 32.2. The number of carbonyl (C=O) groups is 1. The van der Waals surface area contributed by atoms with Crippen molar-refractivity contribution in [3.05, 3.63) is 168 Å². The summed E-state index contributed by atoms with van der Waals surface area (Å²) in [6.45, 7) is 10.5. The van der Waals surface area contributed by atoms with Crippen LogP contribution in [-0.2, 0) is 67.2 Å². The van der Waals surface area contributed by atoms with Crippen molar-refractivity contribution in [2.75, 3.05) is 27.1 Å². The monoisotopic (exact) mass is 1020 g/mol.